The summed E-state index contributed by atoms with van der Waals surface area (Å²) in [6, 6.07) is 12.0. The molecule has 2 aromatic heterocycles. The summed E-state index contributed by atoms with van der Waals surface area (Å²) in [5, 5.41) is 10.8. The molecule has 3 heterocycles. The van der Waals surface area contributed by atoms with Gasteiger partial charge in [-0.3, -0.25) is 14.9 Å². The molecule has 0 radical (unpaired) electrons. The van der Waals surface area contributed by atoms with E-state index < -0.39 is 0 Å². The fourth-order valence-electron chi connectivity index (χ4n) is 3.52. The molecule has 1 N–H and O–H groups in total. The molecule has 0 amide bonds. The van der Waals surface area contributed by atoms with E-state index in [-0.39, 0.29) is 16.2 Å². The van der Waals surface area contributed by atoms with Crippen molar-refractivity contribution >= 4 is 17.2 Å². The van der Waals surface area contributed by atoms with Gasteiger partial charge in [-0.05, 0) is 30.7 Å². The summed E-state index contributed by atoms with van der Waals surface area (Å²) >= 11 is 0. The molecule has 0 saturated carbocycles. The minimum Gasteiger partial charge on any atom is -0.368 e. The van der Waals surface area contributed by atoms with Gasteiger partial charge in [-0.25, -0.2) is 9.97 Å². The van der Waals surface area contributed by atoms with Gasteiger partial charge in [0.2, 0.25) is 0 Å². The average Bonchev–Trinajstić information content (AvgIpc) is 2.79. The number of nitro benzene ring substituents is 1. The number of nitrogens with zero attached hydrogens (tertiary/aromatic N) is 5. The van der Waals surface area contributed by atoms with Crippen LogP contribution in [-0.4, -0.2) is 46.1 Å². The van der Waals surface area contributed by atoms with Crippen LogP contribution in [0.4, 0.5) is 17.2 Å². The van der Waals surface area contributed by atoms with Gasteiger partial charge in [0.1, 0.15) is 11.6 Å². The number of rotatable bonds is 5. The van der Waals surface area contributed by atoms with Gasteiger partial charge in [-0.1, -0.05) is 6.92 Å². The summed E-state index contributed by atoms with van der Waals surface area (Å²) < 4.78 is 0. The Kier molecular flexibility index (Phi) is 5.42. The van der Waals surface area contributed by atoms with E-state index in [1.54, 1.807) is 18.3 Å². The molecule has 9 nitrogen and oxygen atoms in total. The highest BCUT2D eigenvalue weighted by molar-refractivity contribution is 5.57. The number of piperazine rings is 1. The fraction of sp³-hybridized carbons (Fsp3) is 0.286. The Morgan fingerprint density at radius 1 is 1.07 bits per heavy atom. The predicted molar refractivity (Wildman–Crippen MR) is 115 cm³/mol. The zero-order chi connectivity index (χ0) is 21.1. The van der Waals surface area contributed by atoms with E-state index in [9.17, 15) is 14.9 Å². The molecule has 154 valence electrons. The number of nitro groups is 1. The van der Waals surface area contributed by atoms with Crippen molar-refractivity contribution in [3.63, 3.8) is 0 Å². The number of aromatic amines is 1. The summed E-state index contributed by atoms with van der Waals surface area (Å²) in [5.74, 6) is 1.40. The lowest BCUT2D eigenvalue weighted by molar-refractivity contribution is -0.384. The number of aromatic nitrogens is 3. The minimum atomic E-state index is -0.388. The lowest BCUT2D eigenvalue weighted by atomic mass is 10.2. The van der Waals surface area contributed by atoms with Crippen molar-refractivity contribution in [3.8, 4) is 11.4 Å². The molecule has 1 fully saturated rings. The highest BCUT2D eigenvalue weighted by atomic mass is 16.6. The summed E-state index contributed by atoms with van der Waals surface area (Å²) in [6.45, 7) is 5.15. The van der Waals surface area contributed by atoms with Gasteiger partial charge >= 0.3 is 0 Å². The van der Waals surface area contributed by atoms with Crippen molar-refractivity contribution < 1.29 is 4.92 Å². The summed E-state index contributed by atoms with van der Waals surface area (Å²) in [4.78, 5) is 38.4. The third-order valence-corrected chi connectivity index (χ3v) is 5.21. The Hall–Kier alpha value is -3.75. The first-order chi connectivity index (χ1) is 14.5. The molecule has 0 bridgehead atoms. The molecule has 9 heteroatoms. The second kappa shape index (κ2) is 8.32. The molecular weight excluding hydrogens is 384 g/mol. The summed E-state index contributed by atoms with van der Waals surface area (Å²) in [6.07, 6.45) is 2.43. The van der Waals surface area contributed by atoms with Gasteiger partial charge in [0, 0.05) is 67.5 Å². The Labute approximate surface area is 173 Å². The first-order valence-electron chi connectivity index (χ1n) is 9.84. The van der Waals surface area contributed by atoms with Crippen molar-refractivity contribution in [2.45, 2.75) is 13.3 Å². The highest BCUT2D eigenvalue weighted by Crippen LogP contribution is 2.23. The standard InChI is InChI=1S/C21H22N6O3/c1-2-16-13-20(28)24-21(23-16)15-3-8-19(22-14-15)26-11-9-25(10-12-26)17-4-6-18(7-5-17)27(29)30/h3-8,13-14H,2,9-12H2,1H3,(H,23,24,28). The maximum absolute atomic E-state index is 11.8. The second-order valence-corrected chi connectivity index (χ2v) is 7.09. The monoisotopic (exact) mass is 406 g/mol. The topological polar surface area (TPSA) is 108 Å². The highest BCUT2D eigenvalue weighted by Gasteiger charge is 2.19. The number of non-ortho nitro benzene ring substituents is 1. The van der Waals surface area contributed by atoms with Crippen LogP contribution in [-0.2, 0) is 6.42 Å². The van der Waals surface area contributed by atoms with Gasteiger partial charge in [-0.15, -0.1) is 0 Å². The van der Waals surface area contributed by atoms with Crippen LogP contribution in [0.1, 0.15) is 12.6 Å². The number of benzene rings is 1. The maximum atomic E-state index is 11.8. The van der Waals surface area contributed by atoms with Crippen LogP contribution >= 0.6 is 0 Å². The van der Waals surface area contributed by atoms with Crippen LogP contribution in [0.3, 0.4) is 0 Å². The van der Waals surface area contributed by atoms with Crippen molar-refractivity contribution in [3.05, 3.63) is 74.8 Å². The lowest BCUT2D eigenvalue weighted by Gasteiger charge is -2.36. The molecule has 3 aromatic rings. The Morgan fingerprint density at radius 3 is 2.37 bits per heavy atom. The normalized spacial score (nSPS) is 14.0. The van der Waals surface area contributed by atoms with E-state index in [0.29, 0.717) is 12.2 Å². The van der Waals surface area contributed by atoms with E-state index >= 15 is 0 Å². The Bertz CT molecular complexity index is 1090. The predicted octanol–water partition coefficient (Wildman–Crippen LogP) is 2.63. The second-order valence-electron chi connectivity index (χ2n) is 7.09. The van der Waals surface area contributed by atoms with Gasteiger partial charge in [0.15, 0.2) is 0 Å². The average molecular weight is 406 g/mol. The van der Waals surface area contributed by atoms with E-state index in [2.05, 4.69) is 24.8 Å². The summed E-state index contributed by atoms with van der Waals surface area (Å²) in [5.41, 5.74) is 2.44. The van der Waals surface area contributed by atoms with Gasteiger partial charge < -0.3 is 14.8 Å². The van der Waals surface area contributed by atoms with E-state index in [1.807, 2.05) is 19.1 Å². The Balaban J connectivity index is 1.42. The molecule has 30 heavy (non-hydrogen) atoms. The van der Waals surface area contributed by atoms with Crippen LogP contribution < -0.4 is 15.4 Å². The third-order valence-electron chi connectivity index (χ3n) is 5.21. The molecule has 0 unspecified atom stereocenters. The number of hydrogen-bond donors (Lipinski definition) is 1. The maximum Gasteiger partial charge on any atom is 0.269 e. The quantitative estimate of drug-likeness (QED) is 0.512. The van der Waals surface area contributed by atoms with Crippen LogP contribution in [0.15, 0.2) is 53.5 Å². The molecule has 1 saturated heterocycles. The van der Waals surface area contributed by atoms with Crippen molar-refractivity contribution in [1.82, 2.24) is 15.0 Å². The third kappa shape index (κ3) is 4.14. The molecule has 1 aliphatic heterocycles. The zero-order valence-corrected chi connectivity index (χ0v) is 16.6. The van der Waals surface area contributed by atoms with Crippen molar-refractivity contribution in [2.75, 3.05) is 36.0 Å². The molecular formula is C21H22N6O3. The van der Waals surface area contributed by atoms with Gasteiger partial charge in [-0.2, -0.15) is 0 Å². The van der Waals surface area contributed by atoms with E-state index in [1.165, 1.54) is 18.2 Å². The molecule has 1 aliphatic rings. The van der Waals surface area contributed by atoms with Gasteiger partial charge in [0.05, 0.1) is 4.92 Å². The minimum absolute atomic E-state index is 0.0991. The van der Waals surface area contributed by atoms with Gasteiger partial charge in [0.25, 0.3) is 11.2 Å². The number of H-pyrrole nitrogens is 1. The molecule has 0 aliphatic carbocycles. The first kappa shape index (κ1) is 19.6. The van der Waals surface area contributed by atoms with E-state index in [0.717, 1.165) is 48.9 Å². The number of aryl methyl sites for hydroxylation is 1. The first-order valence-corrected chi connectivity index (χ1v) is 9.84. The van der Waals surface area contributed by atoms with Crippen LogP contribution in [0, 0.1) is 10.1 Å². The largest absolute Gasteiger partial charge is 0.368 e. The zero-order valence-electron chi connectivity index (χ0n) is 16.6. The van der Waals surface area contributed by atoms with Crippen LogP contribution in [0.25, 0.3) is 11.4 Å². The number of pyridine rings is 1. The Morgan fingerprint density at radius 2 is 1.77 bits per heavy atom. The van der Waals surface area contributed by atoms with E-state index in [4.69, 9.17) is 0 Å². The van der Waals surface area contributed by atoms with Crippen LogP contribution in [0.5, 0.6) is 0 Å². The number of anilines is 2. The van der Waals surface area contributed by atoms with Crippen molar-refractivity contribution in [1.29, 1.82) is 0 Å². The van der Waals surface area contributed by atoms with Crippen molar-refractivity contribution in [2.24, 2.45) is 0 Å². The fourth-order valence-corrected chi connectivity index (χ4v) is 3.52. The lowest BCUT2D eigenvalue weighted by Crippen LogP contribution is -2.46. The smallest absolute Gasteiger partial charge is 0.269 e. The van der Waals surface area contributed by atoms with Crippen LogP contribution in [0.2, 0.25) is 0 Å². The molecule has 0 atom stereocenters. The number of hydrogen-bond acceptors (Lipinski definition) is 7. The molecule has 1 aromatic carbocycles. The molecule has 0 spiro atoms. The SMILES string of the molecule is CCc1cc(=O)[nH]c(-c2ccc(N3CCN(c4ccc([N+](=O)[O-])cc4)CC3)nc2)n1. The number of nitrogens with one attached hydrogen (secondary N) is 1. The summed E-state index contributed by atoms with van der Waals surface area (Å²) in [7, 11) is 0. The molecule has 4 rings (SSSR count).